The molecule has 6 rings (SSSR count). The van der Waals surface area contributed by atoms with Gasteiger partial charge in [0, 0.05) is 54.9 Å². The molecule has 2 aromatic heterocycles. The van der Waals surface area contributed by atoms with Crippen molar-refractivity contribution in [2.45, 2.75) is 83.7 Å². The maximum atomic E-state index is 14.1. The summed E-state index contributed by atoms with van der Waals surface area (Å²) in [5.41, 5.74) is 9.30. The Bertz CT molecular complexity index is 2190. The van der Waals surface area contributed by atoms with Gasteiger partial charge in [0.25, 0.3) is 5.91 Å². The van der Waals surface area contributed by atoms with Gasteiger partial charge >= 0.3 is 24.3 Å². The Kier molecular flexibility index (Phi) is 17.5. The zero-order valence-electron chi connectivity index (χ0n) is 36.8. The summed E-state index contributed by atoms with van der Waals surface area (Å²) in [6.07, 6.45) is -1.87. The Morgan fingerprint density at radius 1 is 0.906 bits per heavy atom. The quantitative estimate of drug-likeness (QED) is 0.104. The molecule has 0 atom stereocenters. The van der Waals surface area contributed by atoms with Crippen molar-refractivity contribution in [3.8, 4) is 17.1 Å². The van der Waals surface area contributed by atoms with Crippen LogP contribution in [0.2, 0.25) is 0 Å². The van der Waals surface area contributed by atoms with Crippen molar-refractivity contribution in [2.75, 3.05) is 70.5 Å². The second kappa shape index (κ2) is 22.1. The van der Waals surface area contributed by atoms with Gasteiger partial charge in [0.15, 0.2) is 5.69 Å². The Labute approximate surface area is 367 Å². The van der Waals surface area contributed by atoms with Crippen LogP contribution in [0, 0.1) is 0 Å². The number of amides is 1. The Balaban J connectivity index is 0.000000555. The molecule has 21 heteroatoms. The number of carbonyl (C=O) groups excluding carboxylic acids is 1. The minimum atomic E-state index is -5.08. The fourth-order valence-electron chi connectivity index (χ4n) is 7.27. The number of aryl methyl sites for hydroxylation is 3. The lowest BCUT2D eigenvalue weighted by Gasteiger charge is -2.36. The molecule has 1 aliphatic heterocycles. The van der Waals surface area contributed by atoms with E-state index < -0.39 is 24.3 Å². The predicted molar refractivity (Wildman–Crippen MR) is 230 cm³/mol. The van der Waals surface area contributed by atoms with E-state index in [1.54, 1.807) is 7.11 Å². The van der Waals surface area contributed by atoms with E-state index in [0.29, 0.717) is 24.2 Å². The molecule has 0 unspecified atom stereocenters. The Morgan fingerprint density at radius 2 is 1.50 bits per heavy atom. The normalized spacial score (nSPS) is 14.0. The molecule has 64 heavy (non-hydrogen) atoms. The SMILES string of the molecule is CCc1cccc(CC)c1NC(=O)c1nn(CCN(C)C)c2c1CCCc1cnc(Nc3ccc(N4CCC(N(C)C)CC4)cc3OC)nc1-2.O=C(O)C(F)(F)F.O=C(O)C(F)(F)F. The van der Waals surface area contributed by atoms with Crippen molar-refractivity contribution < 1.29 is 55.7 Å². The summed E-state index contributed by atoms with van der Waals surface area (Å²) < 4.78 is 71.3. The van der Waals surface area contributed by atoms with E-state index in [4.69, 9.17) is 39.6 Å². The van der Waals surface area contributed by atoms with Crippen LogP contribution in [0.1, 0.15) is 65.9 Å². The molecule has 0 saturated carbocycles. The standard InChI is InChI=1S/C39H53N9O2.2C2HF3O2/c1-8-26-12-10-13-27(9-2)34(26)42-38(49)36-31-15-11-14-28-25-40-39(43-35(28)37(31)48(44-36)23-22-45(3)4)41-32-17-16-30(24-33(32)50-7)47-20-18-29(19-21-47)46(5)6;2*3-2(4,5)1(6)7/h10,12-13,16-17,24-25,29H,8-9,11,14-15,18-23H2,1-7H3,(H,42,49)(H,40,41,43);2*(H,6,7). The van der Waals surface area contributed by atoms with Gasteiger partial charge in [-0.05, 0) is 102 Å². The van der Waals surface area contributed by atoms with Gasteiger partial charge < -0.3 is 40.3 Å². The number of nitrogens with zero attached hydrogens (tertiary/aromatic N) is 7. The van der Waals surface area contributed by atoms with Crippen molar-refractivity contribution in [1.82, 2.24) is 29.5 Å². The van der Waals surface area contributed by atoms with Crippen molar-refractivity contribution in [3.05, 3.63) is 70.5 Å². The van der Waals surface area contributed by atoms with Crippen LogP contribution in [0.25, 0.3) is 11.4 Å². The third-order valence-corrected chi connectivity index (χ3v) is 10.7. The summed E-state index contributed by atoms with van der Waals surface area (Å²) >= 11 is 0. The molecule has 1 amide bonds. The number of carboxylic acids is 2. The first-order valence-electron chi connectivity index (χ1n) is 20.6. The van der Waals surface area contributed by atoms with Crippen LogP contribution in [0.3, 0.4) is 0 Å². The molecular weight excluding hydrogens is 853 g/mol. The van der Waals surface area contributed by atoms with E-state index in [1.807, 2.05) is 25.0 Å². The lowest BCUT2D eigenvalue weighted by molar-refractivity contribution is -0.193. The van der Waals surface area contributed by atoms with Crippen molar-refractivity contribution >= 4 is 40.9 Å². The molecule has 15 nitrogen and oxygen atoms in total. The summed E-state index contributed by atoms with van der Waals surface area (Å²) in [4.78, 5) is 48.6. The van der Waals surface area contributed by atoms with Crippen LogP contribution in [-0.4, -0.2) is 131 Å². The summed E-state index contributed by atoms with van der Waals surface area (Å²) in [6, 6.07) is 13.2. The van der Waals surface area contributed by atoms with Crippen LogP contribution >= 0.6 is 0 Å². The van der Waals surface area contributed by atoms with Gasteiger partial charge in [0.1, 0.15) is 5.75 Å². The number of methoxy groups -OCH3 is 1. The number of aliphatic carboxylic acids is 2. The summed E-state index contributed by atoms with van der Waals surface area (Å²) in [7, 11) is 10.1. The lowest BCUT2D eigenvalue weighted by Crippen LogP contribution is -2.41. The maximum absolute atomic E-state index is 14.1. The molecule has 1 saturated heterocycles. The number of fused-ring (bicyclic) bond motifs is 3. The number of alkyl halides is 6. The number of hydrogen-bond acceptors (Lipinski definition) is 11. The highest BCUT2D eigenvalue weighted by molar-refractivity contribution is 6.05. The molecule has 350 valence electrons. The van der Waals surface area contributed by atoms with Crippen LogP contribution in [0.15, 0.2) is 42.6 Å². The van der Waals surface area contributed by atoms with Gasteiger partial charge in [-0.2, -0.15) is 31.4 Å². The number of ether oxygens (including phenoxy) is 1. The number of anilines is 4. The number of rotatable bonds is 12. The average molecular weight is 908 g/mol. The molecule has 4 aromatic rings. The zero-order chi connectivity index (χ0) is 47.5. The van der Waals surface area contributed by atoms with E-state index in [2.05, 4.69) is 89.7 Å². The first-order valence-corrected chi connectivity index (χ1v) is 20.6. The zero-order valence-corrected chi connectivity index (χ0v) is 36.8. The molecule has 3 heterocycles. The highest BCUT2D eigenvalue weighted by Gasteiger charge is 2.39. The molecule has 1 fully saturated rings. The number of carboxylic acid groups (broad SMARTS) is 2. The number of nitrogens with one attached hydrogen (secondary N) is 2. The molecule has 4 N–H and O–H groups in total. The number of para-hydroxylation sites is 1. The summed E-state index contributed by atoms with van der Waals surface area (Å²) in [5, 5.41) is 26.0. The molecular formula is C43H55F6N9O6. The van der Waals surface area contributed by atoms with E-state index in [1.165, 1.54) is 0 Å². The van der Waals surface area contributed by atoms with E-state index in [-0.39, 0.29) is 5.91 Å². The van der Waals surface area contributed by atoms with Gasteiger partial charge in [-0.25, -0.2) is 19.6 Å². The number of benzene rings is 2. The smallest absolute Gasteiger partial charge is 0.490 e. The maximum Gasteiger partial charge on any atom is 0.490 e. The first-order chi connectivity index (χ1) is 30.1. The molecule has 0 spiro atoms. The van der Waals surface area contributed by atoms with Crippen molar-refractivity contribution in [2.24, 2.45) is 0 Å². The highest BCUT2D eigenvalue weighted by Crippen LogP contribution is 2.37. The van der Waals surface area contributed by atoms with Crippen molar-refractivity contribution in [3.63, 3.8) is 0 Å². The molecule has 0 bridgehead atoms. The third-order valence-electron chi connectivity index (χ3n) is 10.7. The van der Waals surface area contributed by atoms with Gasteiger partial charge in [-0.3, -0.25) is 9.48 Å². The number of aromatic nitrogens is 4. The molecule has 0 radical (unpaired) electrons. The van der Waals surface area contributed by atoms with E-state index in [0.717, 1.165) is 121 Å². The molecule has 2 aliphatic rings. The van der Waals surface area contributed by atoms with Gasteiger partial charge in [-0.15, -0.1) is 0 Å². The molecule has 2 aromatic carbocycles. The molecule has 1 aliphatic carbocycles. The summed E-state index contributed by atoms with van der Waals surface area (Å²) in [6.45, 7) is 7.67. The minimum absolute atomic E-state index is 0.174. The second-order valence-corrected chi connectivity index (χ2v) is 15.5. The first kappa shape index (κ1) is 50.7. The monoisotopic (exact) mass is 907 g/mol. The topological polar surface area (TPSA) is 178 Å². The Hall–Kier alpha value is -5.96. The number of halogens is 6. The average Bonchev–Trinajstić information content (AvgIpc) is 3.50. The largest absolute Gasteiger partial charge is 0.494 e. The number of piperidine rings is 1. The van der Waals surface area contributed by atoms with E-state index >= 15 is 0 Å². The predicted octanol–water partition coefficient (Wildman–Crippen LogP) is 7.32. The number of carbonyl (C=O) groups is 3. The van der Waals surface area contributed by atoms with Crippen molar-refractivity contribution in [1.29, 1.82) is 0 Å². The van der Waals surface area contributed by atoms with Crippen LogP contribution in [0.4, 0.5) is 49.4 Å². The van der Waals surface area contributed by atoms with Gasteiger partial charge in [0.05, 0.1) is 30.7 Å². The Morgan fingerprint density at radius 3 is 2.02 bits per heavy atom. The van der Waals surface area contributed by atoms with E-state index in [9.17, 15) is 31.1 Å². The number of likely N-dealkylation sites (N-methyl/N-ethyl adjacent to an activating group) is 1. The second-order valence-electron chi connectivity index (χ2n) is 15.5. The fourth-order valence-corrected chi connectivity index (χ4v) is 7.27. The van der Waals surface area contributed by atoms with Crippen LogP contribution in [0.5, 0.6) is 5.75 Å². The summed E-state index contributed by atoms with van der Waals surface area (Å²) in [5.74, 6) is -4.47. The van der Waals surface area contributed by atoms with Gasteiger partial charge in [0.2, 0.25) is 5.95 Å². The van der Waals surface area contributed by atoms with Crippen LogP contribution < -0.4 is 20.3 Å². The fraction of sp³-hybridized carbons (Fsp3) is 0.488. The lowest BCUT2D eigenvalue weighted by atomic mass is 10.0. The van der Waals surface area contributed by atoms with Crippen LogP contribution in [-0.2, 0) is 41.8 Å². The van der Waals surface area contributed by atoms with Gasteiger partial charge in [-0.1, -0.05) is 32.0 Å². The highest BCUT2D eigenvalue weighted by atomic mass is 19.4. The number of hydrogen-bond donors (Lipinski definition) is 4. The third kappa shape index (κ3) is 13.3. The minimum Gasteiger partial charge on any atom is -0.494 e.